The Labute approximate surface area is 131 Å². The van der Waals surface area contributed by atoms with Crippen molar-refractivity contribution in [3.63, 3.8) is 0 Å². The molecule has 112 valence electrons. The third kappa shape index (κ3) is 3.25. The van der Waals surface area contributed by atoms with Gasteiger partial charge in [-0.15, -0.1) is 11.8 Å². The largest absolute Gasteiger partial charge is 0.496 e. The minimum Gasteiger partial charge on any atom is -0.496 e. The van der Waals surface area contributed by atoms with E-state index in [2.05, 4.69) is 61.8 Å². The Morgan fingerprint density at radius 1 is 1.05 bits per heavy atom. The van der Waals surface area contributed by atoms with Gasteiger partial charge in [-0.2, -0.15) is 0 Å². The lowest BCUT2D eigenvalue weighted by Gasteiger charge is -2.23. The lowest BCUT2D eigenvalue weighted by atomic mass is 9.93. The van der Waals surface area contributed by atoms with Crippen LogP contribution in [-0.4, -0.2) is 20.4 Å². The summed E-state index contributed by atoms with van der Waals surface area (Å²) in [4.78, 5) is 1.31. The van der Waals surface area contributed by atoms with Crippen molar-refractivity contribution in [2.24, 2.45) is 0 Å². The van der Waals surface area contributed by atoms with Gasteiger partial charge in [0.2, 0.25) is 0 Å². The van der Waals surface area contributed by atoms with E-state index in [1.165, 1.54) is 27.1 Å². The molecule has 0 aliphatic rings. The molecule has 0 fully saturated rings. The summed E-state index contributed by atoms with van der Waals surface area (Å²) in [6.45, 7) is 4.23. The number of methoxy groups -OCH3 is 1. The molecule has 1 atom stereocenters. The highest BCUT2D eigenvalue weighted by Gasteiger charge is 2.18. The van der Waals surface area contributed by atoms with E-state index in [4.69, 9.17) is 4.74 Å². The fourth-order valence-corrected chi connectivity index (χ4v) is 3.36. The van der Waals surface area contributed by atoms with Crippen molar-refractivity contribution in [3.8, 4) is 5.75 Å². The summed E-state index contributed by atoms with van der Waals surface area (Å²) in [6, 6.07) is 13.1. The normalized spacial score (nSPS) is 12.2. The van der Waals surface area contributed by atoms with Gasteiger partial charge in [-0.1, -0.05) is 24.3 Å². The van der Waals surface area contributed by atoms with E-state index in [1.54, 1.807) is 18.9 Å². The molecule has 0 aromatic heterocycles. The summed E-state index contributed by atoms with van der Waals surface area (Å²) >= 11 is 1.79. The minimum absolute atomic E-state index is 0.193. The number of hydrogen-bond acceptors (Lipinski definition) is 3. The molecule has 0 bridgehead atoms. The SMILES string of the molecule is CNC(c1cc(C)c(OC)cc1C)c1ccccc1SC. The van der Waals surface area contributed by atoms with Gasteiger partial charge < -0.3 is 10.1 Å². The van der Waals surface area contributed by atoms with Gasteiger partial charge in [-0.05, 0) is 61.5 Å². The highest BCUT2D eigenvalue weighted by molar-refractivity contribution is 7.98. The molecule has 0 aliphatic carbocycles. The molecule has 0 radical (unpaired) electrons. The zero-order valence-corrected chi connectivity index (χ0v) is 14.2. The first-order chi connectivity index (χ1) is 10.1. The standard InChI is InChI=1S/C18H23NOS/c1-12-11-16(20-4)13(2)10-15(12)18(19-3)14-8-6-7-9-17(14)21-5/h6-11,18-19H,1-5H3. The first-order valence-corrected chi connectivity index (χ1v) is 8.30. The van der Waals surface area contributed by atoms with Gasteiger partial charge in [0, 0.05) is 4.90 Å². The summed E-state index contributed by atoms with van der Waals surface area (Å²) in [5, 5.41) is 3.46. The maximum Gasteiger partial charge on any atom is 0.122 e. The van der Waals surface area contributed by atoms with E-state index < -0.39 is 0 Å². The van der Waals surface area contributed by atoms with E-state index in [-0.39, 0.29) is 6.04 Å². The van der Waals surface area contributed by atoms with Crippen molar-refractivity contribution in [1.29, 1.82) is 0 Å². The Hall–Kier alpha value is -1.45. The van der Waals surface area contributed by atoms with Crippen LogP contribution in [0.2, 0.25) is 0 Å². The highest BCUT2D eigenvalue weighted by Crippen LogP contribution is 2.34. The van der Waals surface area contributed by atoms with Crippen molar-refractivity contribution in [2.45, 2.75) is 24.8 Å². The Kier molecular flexibility index (Phi) is 5.32. The molecule has 0 saturated heterocycles. The summed E-state index contributed by atoms with van der Waals surface area (Å²) in [6.07, 6.45) is 2.12. The predicted octanol–water partition coefficient (Wildman–Crippen LogP) is 4.34. The zero-order valence-electron chi connectivity index (χ0n) is 13.4. The van der Waals surface area contributed by atoms with Crippen LogP contribution in [0.15, 0.2) is 41.3 Å². The maximum absolute atomic E-state index is 5.42. The molecular weight excluding hydrogens is 278 g/mol. The maximum atomic E-state index is 5.42. The number of nitrogens with one attached hydrogen (secondary N) is 1. The van der Waals surface area contributed by atoms with Crippen molar-refractivity contribution < 1.29 is 4.74 Å². The van der Waals surface area contributed by atoms with Crippen LogP contribution in [0, 0.1) is 13.8 Å². The number of thioether (sulfide) groups is 1. The second kappa shape index (κ2) is 7.01. The second-order valence-electron chi connectivity index (χ2n) is 5.14. The molecular formula is C18H23NOS. The van der Waals surface area contributed by atoms with Crippen molar-refractivity contribution in [1.82, 2.24) is 5.32 Å². The van der Waals surface area contributed by atoms with Crippen LogP contribution in [0.25, 0.3) is 0 Å². The Morgan fingerprint density at radius 3 is 2.38 bits per heavy atom. The molecule has 0 spiro atoms. The van der Waals surface area contributed by atoms with Crippen LogP contribution in [-0.2, 0) is 0 Å². The van der Waals surface area contributed by atoms with Gasteiger partial charge in [-0.25, -0.2) is 0 Å². The number of ether oxygens (including phenoxy) is 1. The van der Waals surface area contributed by atoms with Crippen LogP contribution in [0.4, 0.5) is 0 Å². The Bertz CT molecular complexity index is 625. The molecule has 0 saturated carbocycles. The summed E-state index contributed by atoms with van der Waals surface area (Å²) in [5.41, 5.74) is 5.03. The first-order valence-electron chi connectivity index (χ1n) is 7.07. The van der Waals surface area contributed by atoms with Gasteiger partial charge in [0.25, 0.3) is 0 Å². The fourth-order valence-electron chi connectivity index (χ4n) is 2.73. The van der Waals surface area contributed by atoms with E-state index in [1.807, 2.05) is 7.05 Å². The number of benzene rings is 2. The number of aryl methyl sites for hydroxylation is 2. The smallest absolute Gasteiger partial charge is 0.122 e. The van der Waals surface area contributed by atoms with Crippen LogP contribution in [0.5, 0.6) is 5.75 Å². The predicted molar refractivity (Wildman–Crippen MR) is 91.6 cm³/mol. The molecule has 1 unspecified atom stereocenters. The highest BCUT2D eigenvalue weighted by atomic mass is 32.2. The van der Waals surface area contributed by atoms with E-state index in [9.17, 15) is 0 Å². The molecule has 3 heteroatoms. The van der Waals surface area contributed by atoms with Crippen LogP contribution >= 0.6 is 11.8 Å². The first kappa shape index (κ1) is 15.9. The van der Waals surface area contributed by atoms with Crippen LogP contribution < -0.4 is 10.1 Å². The average molecular weight is 301 g/mol. The summed E-state index contributed by atoms with van der Waals surface area (Å²) in [7, 11) is 3.74. The molecule has 0 heterocycles. The van der Waals surface area contributed by atoms with E-state index >= 15 is 0 Å². The molecule has 2 nitrogen and oxygen atoms in total. The van der Waals surface area contributed by atoms with Crippen molar-refractivity contribution >= 4 is 11.8 Å². The fraction of sp³-hybridized carbons (Fsp3) is 0.333. The molecule has 0 aliphatic heterocycles. The summed E-state index contributed by atoms with van der Waals surface area (Å²) in [5.74, 6) is 0.948. The van der Waals surface area contributed by atoms with E-state index in [0.29, 0.717) is 0 Å². The minimum atomic E-state index is 0.193. The zero-order chi connectivity index (χ0) is 15.4. The topological polar surface area (TPSA) is 21.3 Å². The Morgan fingerprint density at radius 2 is 1.76 bits per heavy atom. The van der Waals surface area contributed by atoms with Crippen LogP contribution in [0.3, 0.4) is 0 Å². The number of rotatable bonds is 5. The molecule has 2 aromatic rings. The third-order valence-electron chi connectivity index (χ3n) is 3.83. The van der Waals surface area contributed by atoms with Crippen molar-refractivity contribution in [3.05, 3.63) is 58.7 Å². The third-order valence-corrected chi connectivity index (χ3v) is 4.64. The average Bonchev–Trinajstić information content (AvgIpc) is 2.51. The molecule has 2 aromatic carbocycles. The monoisotopic (exact) mass is 301 g/mol. The molecule has 0 amide bonds. The van der Waals surface area contributed by atoms with Gasteiger partial charge in [0.1, 0.15) is 5.75 Å². The second-order valence-corrected chi connectivity index (χ2v) is 5.99. The van der Waals surface area contributed by atoms with Gasteiger partial charge in [-0.3, -0.25) is 0 Å². The van der Waals surface area contributed by atoms with E-state index in [0.717, 1.165) is 5.75 Å². The quantitative estimate of drug-likeness (QED) is 0.830. The lowest BCUT2D eigenvalue weighted by molar-refractivity contribution is 0.411. The van der Waals surface area contributed by atoms with Crippen LogP contribution in [0.1, 0.15) is 28.3 Å². The summed E-state index contributed by atoms with van der Waals surface area (Å²) < 4.78 is 5.42. The molecule has 1 N–H and O–H groups in total. The molecule has 2 rings (SSSR count). The van der Waals surface area contributed by atoms with Gasteiger partial charge >= 0.3 is 0 Å². The molecule has 21 heavy (non-hydrogen) atoms. The van der Waals surface area contributed by atoms with Gasteiger partial charge in [0.15, 0.2) is 0 Å². The Balaban J connectivity index is 2.54. The van der Waals surface area contributed by atoms with Crippen molar-refractivity contribution in [2.75, 3.05) is 20.4 Å². The number of hydrogen-bond donors (Lipinski definition) is 1. The van der Waals surface area contributed by atoms with Gasteiger partial charge in [0.05, 0.1) is 13.2 Å². The lowest BCUT2D eigenvalue weighted by Crippen LogP contribution is -2.19.